The minimum absolute atomic E-state index is 0.0377. The Kier molecular flexibility index (Phi) is 4.06. The van der Waals surface area contributed by atoms with Crippen molar-refractivity contribution in [2.24, 2.45) is 17.6 Å². The number of carbonyl (C=O) groups is 2. The topological polar surface area (TPSA) is 63.4 Å². The van der Waals surface area contributed by atoms with Crippen LogP contribution in [0, 0.1) is 11.8 Å². The fourth-order valence-electron chi connectivity index (χ4n) is 3.55. The molecule has 0 spiro atoms. The molecule has 2 aliphatic rings. The van der Waals surface area contributed by atoms with E-state index in [0.717, 1.165) is 37.7 Å². The second-order valence-corrected chi connectivity index (χ2v) is 6.12. The Morgan fingerprint density at radius 1 is 0.952 bits per heavy atom. The average Bonchev–Trinajstić information content (AvgIpc) is 2.75. The van der Waals surface area contributed by atoms with Gasteiger partial charge in [-0.1, -0.05) is 37.1 Å². The van der Waals surface area contributed by atoms with E-state index in [9.17, 15) is 9.59 Å². The van der Waals surface area contributed by atoms with Gasteiger partial charge in [0.25, 0.3) is 0 Å². The van der Waals surface area contributed by atoms with Crippen LogP contribution in [0.1, 0.15) is 36.8 Å². The second kappa shape index (κ2) is 5.98. The lowest BCUT2D eigenvalue weighted by molar-refractivity contribution is -0.140. The van der Waals surface area contributed by atoms with E-state index < -0.39 is 0 Å². The monoisotopic (exact) mass is 286 g/mol. The zero-order valence-corrected chi connectivity index (χ0v) is 12.3. The number of hydrogen-bond donors (Lipinski definition) is 1. The van der Waals surface area contributed by atoms with Gasteiger partial charge >= 0.3 is 0 Å². The Balaban J connectivity index is 1.72. The minimum Gasteiger partial charge on any atom is -0.330 e. The van der Waals surface area contributed by atoms with Gasteiger partial charge in [0.15, 0.2) is 0 Å². The number of nitrogens with zero attached hydrogens (tertiary/aromatic N) is 1. The summed E-state index contributed by atoms with van der Waals surface area (Å²) in [6, 6.07) is 8.04. The van der Waals surface area contributed by atoms with Gasteiger partial charge in [-0.2, -0.15) is 0 Å². The normalized spacial score (nSPS) is 25.3. The number of amides is 2. The van der Waals surface area contributed by atoms with Gasteiger partial charge in [0.2, 0.25) is 11.8 Å². The molecule has 0 aromatic heterocycles. The van der Waals surface area contributed by atoms with Gasteiger partial charge in [-0.3, -0.25) is 14.5 Å². The smallest absolute Gasteiger partial charge is 0.233 e. The zero-order chi connectivity index (χ0) is 14.8. The van der Waals surface area contributed by atoms with Gasteiger partial charge in [-0.15, -0.1) is 0 Å². The molecule has 4 nitrogen and oxygen atoms in total. The molecule has 3 rings (SSSR count). The van der Waals surface area contributed by atoms with E-state index in [2.05, 4.69) is 0 Å². The molecule has 2 N–H and O–H groups in total. The van der Waals surface area contributed by atoms with E-state index in [0.29, 0.717) is 13.1 Å². The predicted octanol–water partition coefficient (Wildman–Crippen LogP) is 1.86. The molecular weight excluding hydrogens is 264 g/mol. The third-order valence-electron chi connectivity index (χ3n) is 4.73. The maximum absolute atomic E-state index is 12.4. The first kappa shape index (κ1) is 14.3. The SMILES string of the molecule is NCCc1ccc(CN2C(=O)C3CCCCC3C2=O)cc1. The van der Waals surface area contributed by atoms with Crippen molar-refractivity contribution in [3.63, 3.8) is 0 Å². The quantitative estimate of drug-likeness (QED) is 0.859. The van der Waals surface area contributed by atoms with E-state index >= 15 is 0 Å². The number of rotatable bonds is 4. The number of imide groups is 1. The molecule has 0 radical (unpaired) electrons. The van der Waals surface area contributed by atoms with Crippen LogP contribution in [0.2, 0.25) is 0 Å². The molecule has 2 amide bonds. The van der Waals surface area contributed by atoms with Crippen LogP contribution in [0.15, 0.2) is 24.3 Å². The summed E-state index contributed by atoms with van der Waals surface area (Å²) in [4.78, 5) is 26.3. The molecule has 21 heavy (non-hydrogen) atoms. The Morgan fingerprint density at radius 3 is 2.00 bits per heavy atom. The number of nitrogens with two attached hydrogens (primary N) is 1. The Hall–Kier alpha value is -1.68. The maximum atomic E-state index is 12.4. The van der Waals surface area contributed by atoms with Crippen molar-refractivity contribution < 1.29 is 9.59 Å². The lowest BCUT2D eigenvalue weighted by atomic mass is 9.81. The highest BCUT2D eigenvalue weighted by Gasteiger charge is 2.47. The third kappa shape index (κ3) is 2.72. The largest absolute Gasteiger partial charge is 0.330 e. The fraction of sp³-hybridized carbons (Fsp3) is 0.529. The van der Waals surface area contributed by atoms with Crippen LogP contribution in [-0.2, 0) is 22.6 Å². The highest BCUT2D eigenvalue weighted by atomic mass is 16.2. The van der Waals surface area contributed by atoms with E-state index in [-0.39, 0.29) is 23.7 Å². The summed E-state index contributed by atoms with van der Waals surface area (Å²) in [7, 11) is 0. The maximum Gasteiger partial charge on any atom is 0.233 e. The van der Waals surface area contributed by atoms with Crippen LogP contribution in [0.4, 0.5) is 0 Å². The Bertz CT molecular complexity index is 514. The van der Waals surface area contributed by atoms with E-state index in [1.54, 1.807) is 0 Å². The predicted molar refractivity (Wildman–Crippen MR) is 80.2 cm³/mol. The van der Waals surface area contributed by atoms with Gasteiger partial charge in [0.05, 0.1) is 18.4 Å². The number of likely N-dealkylation sites (tertiary alicyclic amines) is 1. The van der Waals surface area contributed by atoms with Gasteiger partial charge in [-0.25, -0.2) is 0 Å². The summed E-state index contributed by atoms with van der Waals surface area (Å²) in [5.74, 6) is -0.0306. The number of benzene rings is 1. The first-order chi connectivity index (χ1) is 10.2. The van der Waals surface area contributed by atoms with Crippen LogP contribution >= 0.6 is 0 Å². The van der Waals surface area contributed by atoms with Crippen molar-refractivity contribution in [1.29, 1.82) is 0 Å². The molecule has 1 heterocycles. The molecule has 1 aliphatic carbocycles. The van der Waals surface area contributed by atoms with Crippen LogP contribution in [-0.4, -0.2) is 23.3 Å². The van der Waals surface area contributed by atoms with E-state index in [1.165, 1.54) is 10.5 Å². The molecular formula is C17H22N2O2. The number of hydrogen-bond acceptors (Lipinski definition) is 3. The second-order valence-electron chi connectivity index (χ2n) is 6.12. The standard InChI is InChI=1S/C17H22N2O2/c18-10-9-12-5-7-13(8-6-12)11-19-16(20)14-3-1-2-4-15(14)17(19)21/h5-8,14-15H,1-4,9-11,18H2. The van der Waals surface area contributed by atoms with Crippen molar-refractivity contribution >= 4 is 11.8 Å². The van der Waals surface area contributed by atoms with Gasteiger partial charge < -0.3 is 5.73 Å². The first-order valence-electron chi connectivity index (χ1n) is 7.84. The summed E-state index contributed by atoms with van der Waals surface area (Å²) in [6.07, 6.45) is 4.75. The first-order valence-corrected chi connectivity index (χ1v) is 7.84. The summed E-state index contributed by atoms with van der Waals surface area (Å²) in [5, 5.41) is 0. The molecule has 2 atom stereocenters. The third-order valence-corrected chi connectivity index (χ3v) is 4.73. The summed E-state index contributed by atoms with van der Waals surface area (Å²) in [5.41, 5.74) is 7.74. The highest BCUT2D eigenvalue weighted by molar-refractivity contribution is 6.05. The molecule has 4 heteroatoms. The van der Waals surface area contributed by atoms with Crippen molar-refractivity contribution in [3.8, 4) is 0 Å². The summed E-state index contributed by atoms with van der Waals surface area (Å²) in [6.45, 7) is 1.04. The van der Waals surface area contributed by atoms with Crippen LogP contribution in [0.3, 0.4) is 0 Å². The lowest BCUT2D eigenvalue weighted by Crippen LogP contribution is -2.30. The van der Waals surface area contributed by atoms with Crippen LogP contribution in [0.5, 0.6) is 0 Å². The molecule has 1 saturated carbocycles. The van der Waals surface area contributed by atoms with Gasteiger partial charge in [0.1, 0.15) is 0 Å². The molecule has 1 saturated heterocycles. The highest BCUT2D eigenvalue weighted by Crippen LogP contribution is 2.38. The van der Waals surface area contributed by atoms with Crippen molar-refractivity contribution in [1.82, 2.24) is 4.90 Å². The van der Waals surface area contributed by atoms with Crippen LogP contribution < -0.4 is 5.73 Å². The van der Waals surface area contributed by atoms with Gasteiger partial charge in [-0.05, 0) is 36.9 Å². The summed E-state index contributed by atoms with van der Waals surface area (Å²) >= 11 is 0. The average molecular weight is 286 g/mol. The van der Waals surface area contributed by atoms with Gasteiger partial charge in [0, 0.05) is 0 Å². The lowest BCUT2D eigenvalue weighted by Gasteiger charge is -2.19. The molecule has 1 aliphatic heterocycles. The zero-order valence-electron chi connectivity index (χ0n) is 12.3. The fourth-order valence-corrected chi connectivity index (χ4v) is 3.55. The molecule has 0 bridgehead atoms. The van der Waals surface area contributed by atoms with Crippen LogP contribution in [0.25, 0.3) is 0 Å². The van der Waals surface area contributed by atoms with Crippen molar-refractivity contribution in [2.45, 2.75) is 38.6 Å². The number of fused-ring (bicyclic) bond motifs is 1. The molecule has 1 aromatic rings. The molecule has 2 unspecified atom stereocenters. The van der Waals surface area contributed by atoms with E-state index in [4.69, 9.17) is 5.73 Å². The van der Waals surface area contributed by atoms with Crippen molar-refractivity contribution in [3.05, 3.63) is 35.4 Å². The Morgan fingerprint density at radius 2 is 1.48 bits per heavy atom. The Labute approximate surface area is 125 Å². The molecule has 1 aromatic carbocycles. The van der Waals surface area contributed by atoms with Crippen molar-refractivity contribution in [2.75, 3.05) is 6.54 Å². The molecule has 2 fully saturated rings. The molecule has 112 valence electrons. The summed E-state index contributed by atoms with van der Waals surface area (Å²) < 4.78 is 0. The minimum atomic E-state index is -0.0530. The number of carbonyl (C=O) groups excluding carboxylic acids is 2. The van der Waals surface area contributed by atoms with E-state index in [1.807, 2.05) is 24.3 Å².